The number of para-hydroxylation sites is 1. The predicted octanol–water partition coefficient (Wildman–Crippen LogP) is 3.19. The maximum absolute atomic E-state index is 12.9. The Morgan fingerprint density at radius 2 is 2.05 bits per heavy atom. The van der Waals surface area contributed by atoms with Gasteiger partial charge in [-0.2, -0.15) is 5.26 Å². The monoisotopic (exact) mass is 290 g/mol. The summed E-state index contributed by atoms with van der Waals surface area (Å²) in [6.45, 7) is 1.97. The summed E-state index contributed by atoms with van der Waals surface area (Å²) < 4.78 is 5.23. The molecule has 0 saturated heterocycles. The van der Waals surface area contributed by atoms with E-state index >= 15 is 0 Å². The highest BCUT2D eigenvalue weighted by molar-refractivity contribution is 6.14. The molecule has 0 radical (unpaired) electrons. The second-order valence-electron chi connectivity index (χ2n) is 5.82. The molecular formula is C18H14N2O2. The highest BCUT2D eigenvalue weighted by Gasteiger charge is 2.57. The number of nitrogens with zero attached hydrogens (tertiary/aromatic N) is 2. The molecule has 0 fully saturated rings. The highest BCUT2D eigenvalue weighted by Crippen LogP contribution is 2.57. The van der Waals surface area contributed by atoms with Crippen LogP contribution in [0.15, 0.2) is 42.5 Å². The minimum Gasteiger partial charge on any atom is -0.497 e. The van der Waals surface area contributed by atoms with Crippen LogP contribution in [0.4, 0.5) is 5.69 Å². The van der Waals surface area contributed by atoms with Crippen LogP contribution in [0.2, 0.25) is 0 Å². The summed E-state index contributed by atoms with van der Waals surface area (Å²) in [6, 6.07) is 15.6. The topological polar surface area (TPSA) is 53.3 Å². The molecule has 0 saturated carbocycles. The van der Waals surface area contributed by atoms with Gasteiger partial charge in [0.1, 0.15) is 11.7 Å². The number of anilines is 1. The van der Waals surface area contributed by atoms with Gasteiger partial charge in [0.15, 0.2) is 0 Å². The molecule has 0 bridgehead atoms. The van der Waals surface area contributed by atoms with E-state index in [1.54, 1.807) is 18.1 Å². The third kappa shape index (κ3) is 1.29. The number of carbonyl (C=O) groups excluding carboxylic acids is 1. The van der Waals surface area contributed by atoms with Crippen LogP contribution in [0.25, 0.3) is 0 Å². The minimum absolute atomic E-state index is 0.0680. The highest BCUT2D eigenvalue weighted by atomic mass is 16.5. The summed E-state index contributed by atoms with van der Waals surface area (Å²) in [7, 11) is 1.58. The number of benzene rings is 2. The van der Waals surface area contributed by atoms with Gasteiger partial charge in [-0.3, -0.25) is 9.69 Å². The van der Waals surface area contributed by atoms with Crippen molar-refractivity contribution in [2.24, 2.45) is 0 Å². The summed E-state index contributed by atoms with van der Waals surface area (Å²) >= 11 is 0. The van der Waals surface area contributed by atoms with Crippen molar-refractivity contribution in [1.82, 2.24) is 0 Å². The van der Waals surface area contributed by atoms with E-state index in [0.29, 0.717) is 11.3 Å². The van der Waals surface area contributed by atoms with Gasteiger partial charge < -0.3 is 4.74 Å². The number of ether oxygens (including phenoxy) is 1. The van der Waals surface area contributed by atoms with Crippen LogP contribution in [-0.4, -0.2) is 13.0 Å². The van der Waals surface area contributed by atoms with Crippen molar-refractivity contribution in [3.8, 4) is 11.8 Å². The largest absolute Gasteiger partial charge is 0.497 e. The fourth-order valence-corrected chi connectivity index (χ4v) is 3.80. The Labute approximate surface area is 128 Å². The number of rotatable bonds is 1. The first-order chi connectivity index (χ1) is 10.6. The molecule has 4 heteroatoms. The van der Waals surface area contributed by atoms with Crippen LogP contribution in [0.1, 0.15) is 34.3 Å². The van der Waals surface area contributed by atoms with Crippen molar-refractivity contribution in [1.29, 1.82) is 5.26 Å². The third-order valence-electron chi connectivity index (χ3n) is 4.85. The quantitative estimate of drug-likeness (QED) is 0.810. The maximum Gasteiger partial charge on any atom is 0.259 e. The molecule has 0 spiro atoms. The summed E-state index contributed by atoms with van der Waals surface area (Å²) in [6.07, 6.45) is 0. The Balaban J connectivity index is 2.01. The smallest absolute Gasteiger partial charge is 0.259 e. The van der Waals surface area contributed by atoms with Crippen molar-refractivity contribution in [2.45, 2.75) is 18.4 Å². The van der Waals surface area contributed by atoms with Crippen molar-refractivity contribution in [3.05, 3.63) is 59.2 Å². The molecule has 0 unspecified atom stereocenters. The molecule has 2 aromatic carbocycles. The Hall–Kier alpha value is -2.80. The van der Waals surface area contributed by atoms with Crippen LogP contribution < -0.4 is 9.64 Å². The van der Waals surface area contributed by atoms with Crippen LogP contribution in [-0.2, 0) is 5.54 Å². The number of carbonyl (C=O) groups is 1. The summed E-state index contributed by atoms with van der Waals surface area (Å²) in [5, 5.41) is 9.73. The van der Waals surface area contributed by atoms with E-state index in [0.717, 1.165) is 16.8 Å². The molecule has 2 heterocycles. The van der Waals surface area contributed by atoms with Crippen LogP contribution >= 0.6 is 0 Å². The Morgan fingerprint density at radius 1 is 1.27 bits per heavy atom. The van der Waals surface area contributed by atoms with Gasteiger partial charge in [0.05, 0.1) is 18.7 Å². The summed E-state index contributed by atoms with van der Waals surface area (Å²) in [4.78, 5) is 14.7. The van der Waals surface area contributed by atoms with Crippen molar-refractivity contribution in [3.63, 3.8) is 0 Å². The Morgan fingerprint density at radius 3 is 2.77 bits per heavy atom. The van der Waals surface area contributed by atoms with Gasteiger partial charge in [-0.1, -0.05) is 24.3 Å². The zero-order valence-corrected chi connectivity index (χ0v) is 12.3. The SMILES string of the molecule is COc1ccc2c(c1)C(=O)N1c3ccccc3[C@@H](C#N)[C@@]21C. The van der Waals surface area contributed by atoms with Gasteiger partial charge in [0.25, 0.3) is 5.91 Å². The van der Waals surface area contributed by atoms with Crippen molar-refractivity contribution in [2.75, 3.05) is 12.0 Å². The van der Waals surface area contributed by atoms with E-state index in [4.69, 9.17) is 4.74 Å². The number of methoxy groups -OCH3 is 1. The second kappa shape index (κ2) is 4.11. The van der Waals surface area contributed by atoms with Gasteiger partial charge in [0, 0.05) is 11.3 Å². The van der Waals surface area contributed by atoms with Gasteiger partial charge in [-0.05, 0) is 36.2 Å². The molecule has 22 heavy (non-hydrogen) atoms. The zero-order valence-electron chi connectivity index (χ0n) is 12.3. The molecule has 2 aromatic rings. The van der Waals surface area contributed by atoms with Gasteiger partial charge in [-0.15, -0.1) is 0 Å². The lowest BCUT2D eigenvalue weighted by atomic mass is 9.79. The predicted molar refractivity (Wildman–Crippen MR) is 82.0 cm³/mol. The number of fused-ring (bicyclic) bond motifs is 5. The Kier molecular flexibility index (Phi) is 2.41. The van der Waals surface area contributed by atoms with Gasteiger partial charge in [-0.25, -0.2) is 0 Å². The van der Waals surface area contributed by atoms with Crippen LogP contribution in [0.5, 0.6) is 5.75 Å². The van der Waals surface area contributed by atoms with E-state index in [-0.39, 0.29) is 11.8 Å². The average Bonchev–Trinajstić information content (AvgIpc) is 2.93. The molecular weight excluding hydrogens is 276 g/mol. The molecule has 0 aromatic heterocycles. The molecule has 2 aliphatic rings. The minimum atomic E-state index is -0.656. The van der Waals surface area contributed by atoms with E-state index in [9.17, 15) is 10.1 Å². The molecule has 108 valence electrons. The first-order valence-corrected chi connectivity index (χ1v) is 7.14. The standard InChI is InChI=1S/C18H14N2O2/c1-18-14-8-7-11(22-2)9-13(14)17(21)20(18)16-6-4-3-5-12(16)15(18)10-19/h3-9,15H,1-2H3/t15-,18-/m1/s1. The fourth-order valence-electron chi connectivity index (χ4n) is 3.80. The van der Waals surface area contributed by atoms with Crippen LogP contribution in [0, 0.1) is 11.3 Å². The van der Waals surface area contributed by atoms with Gasteiger partial charge in [0.2, 0.25) is 0 Å². The lowest BCUT2D eigenvalue weighted by Gasteiger charge is -2.31. The number of nitriles is 1. The average molecular weight is 290 g/mol. The van der Waals surface area contributed by atoms with E-state index in [1.807, 2.05) is 43.3 Å². The fraction of sp³-hybridized carbons (Fsp3) is 0.222. The maximum atomic E-state index is 12.9. The number of hydrogen-bond acceptors (Lipinski definition) is 3. The normalized spacial score (nSPS) is 24.5. The van der Waals surface area contributed by atoms with Crippen molar-refractivity contribution >= 4 is 11.6 Å². The first kappa shape index (κ1) is 12.9. The molecule has 2 aliphatic heterocycles. The van der Waals surface area contributed by atoms with E-state index in [2.05, 4.69) is 6.07 Å². The molecule has 4 rings (SSSR count). The third-order valence-corrected chi connectivity index (χ3v) is 4.85. The van der Waals surface area contributed by atoms with Crippen molar-refractivity contribution < 1.29 is 9.53 Å². The molecule has 1 amide bonds. The van der Waals surface area contributed by atoms with Crippen LogP contribution in [0.3, 0.4) is 0 Å². The molecule has 0 N–H and O–H groups in total. The molecule has 4 nitrogen and oxygen atoms in total. The lowest BCUT2D eigenvalue weighted by molar-refractivity contribution is 0.0981. The molecule has 2 atom stereocenters. The zero-order chi connectivity index (χ0) is 15.5. The number of amides is 1. The molecule has 0 aliphatic carbocycles. The number of hydrogen-bond donors (Lipinski definition) is 0. The first-order valence-electron chi connectivity index (χ1n) is 7.14. The Bertz CT molecular complexity index is 852. The van der Waals surface area contributed by atoms with E-state index in [1.165, 1.54) is 0 Å². The summed E-state index contributed by atoms with van der Waals surface area (Å²) in [5.74, 6) is 0.211. The van der Waals surface area contributed by atoms with E-state index < -0.39 is 5.54 Å². The lowest BCUT2D eigenvalue weighted by Crippen LogP contribution is -2.40. The second-order valence-corrected chi connectivity index (χ2v) is 5.82. The summed E-state index contributed by atoms with van der Waals surface area (Å²) in [5.41, 5.74) is 2.61. The van der Waals surface area contributed by atoms with Gasteiger partial charge >= 0.3 is 0 Å².